The normalized spacial score (nSPS) is 10.6. The topological polar surface area (TPSA) is 59.4 Å². The van der Waals surface area contributed by atoms with E-state index in [4.69, 9.17) is 4.74 Å². The van der Waals surface area contributed by atoms with Crippen LogP contribution in [0, 0.1) is 6.92 Å². The first-order chi connectivity index (χ1) is 10.6. The average Bonchev–Trinajstić information content (AvgIpc) is 2.52. The molecule has 0 aliphatic carbocycles. The molecule has 3 rings (SSSR count). The smallest absolute Gasteiger partial charge is 0.341 e. The number of aromatic carboxylic acids is 1. The zero-order valence-corrected chi connectivity index (χ0v) is 12.1. The second-order valence-electron chi connectivity index (χ2n) is 5.12. The van der Waals surface area contributed by atoms with E-state index >= 15 is 0 Å². The third-order valence-electron chi connectivity index (χ3n) is 3.38. The molecule has 22 heavy (non-hydrogen) atoms. The Morgan fingerprint density at radius 3 is 2.73 bits per heavy atom. The van der Waals surface area contributed by atoms with E-state index in [1.807, 2.05) is 55.5 Å². The van der Waals surface area contributed by atoms with Gasteiger partial charge >= 0.3 is 5.97 Å². The Labute approximate surface area is 128 Å². The van der Waals surface area contributed by atoms with Crippen LogP contribution in [0.1, 0.15) is 21.5 Å². The minimum absolute atomic E-state index is 0.0753. The van der Waals surface area contributed by atoms with Gasteiger partial charge < -0.3 is 9.84 Å². The summed E-state index contributed by atoms with van der Waals surface area (Å²) >= 11 is 0. The number of fused-ring (bicyclic) bond motifs is 1. The lowest BCUT2D eigenvalue weighted by Gasteiger charge is -2.10. The van der Waals surface area contributed by atoms with Crippen LogP contribution in [0.5, 0.6) is 5.88 Å². The first-order valence-electron chi connectivity index (χ1n) is 6.95. The van der Waals surface area contributed by atoms with E-state index < -0.39 is 5.97 Å². The fourth-order valence-electron chi connectivity index (χ4n) is 2.32. The maximum atomic E-state index is 11.4. The van der Waals surface area contributed by atoms with Gasteiger partial charge in [-0.15, -0.1) is 0 Å². The minimum Gasteiger partial charge on any atom is -0.477 e. The van der Waals surface area contributed by atoms with Crippen LogP contribution in [0.15, 0.2) is 54.6 Å². The number of carboxylic acid groups (broad SMARTS) is 1. The standard InChI is InChI=1S/C18H15NO3/c1-12-5-4-6-13(9-12)11-22-17-15(18(20)21)10-14-7-2-3-8-16(14)19-17/h2-10H,11H2,1H3,(H,20,21). The second-order valence-corrected chi connectivity index (χ2v) is 5.12. The number of aromatic nitrogens is 1. The molecule has 3 aromatic rings. The molecule has 0 radical (unpaired) electrons. The van der Waals surface area contributed by atoms with Crippen molar-refractivity contribution in [2.75, 3.05) is 0 Å². The van der Waals surface area contributed by atoms with Crippen LogP contribution in [-0.4, -0.2) is 16.1 Å². The molecular weight excluding hydrogens is 278 g/mol. The van der Waals surface area contributed by atoms with Gasteiger partial charge in [0.15, 0.2) is 0 Å². The molecule has 0 saturated carbocycles. The lowest BCUT2D eigenvalue weighted by molar-refractivity contribution is 0.0691. The first kappa shape index (κ1) is 14.1. The third-order valence-corrected chi connectivity index (χ3v) is 3.38. The number of ether oxygens (including phenoxy) is 1. The molecule has 0 unspecified atom stereocenters. The highest BCUT2D eigenvalue weighted by molar-refractivity contribution is 5.95. The number of benzene rings is 2. The zero-order chi connectivity index (χ0) is 15.5. The molecule has 0 amide bonds. The molecule has 2 aromatic carbocycles. The summed E-state index contributed by atoms with van der Waals surface area (Å²) < 4.78 is 5.66. The van der Waals surface area contributed by atoms with Crippen LogP contribution in [0.25, 0.3) is 10.9 Å². The molecule has 0 bridgehead atoms. The Kier molecular flexibility index (Phi) is 3.74. The van der Waals surface area contributed by atoms with Crippen molar-refractivity contribution in [3.8, 4) is 5.88 Å². The quantitative estimate of drug-likeness (QED) is 0.794. The van der Waals surface area contributed by atoms with Gasteiger partial charge in [0.05, 0.1) is 5.52 Å². The molecule has 4 heteroatoms. The van der Waals surface area contributed by atoms with Crippen LogP contribution in [-0.2, 0) is 6.61 Å². The summed E-state index contributed by atoms with van der Waals surface area (Å²) in [6.45, 7) is 2.29. The molecule has 1 N–H and O–H groups in total. The molecule has 0 fully saturated rings. The number of carboxylic acids is 1. The predicted octanol–water partition coefficient (Wildman–Crippen LogP) is 3.82. The van der Waals surface area contributed by atoms with Crippen molar-refractivity contribution in [2.45, 2.75) is 13.5 Å². The summed E-state index contributed by atoms with van der Waals surface area (Å²) in [5.41, 5.74) is 2.90. The predicted molar refractivity (Wildman–Crippen MR) is 84.2 cm³/mol. The van der Waals surface area contributed by atoms with Gasteiger partial charge in [-0.05, 0) is 24.6 Å². The van der Waals surface area contributed by atoms with Crippen molar-refractivity contribution in [1.29, 1.82) is 0 Å². The van der Waals surface area contributed by atoms with Crippen LogP contribution >= 0.6 is 0 Å². The molecule has 1 heterocycles. The summed E-state index contributed by atoms with van der Waals surface area (Å²) in [6, 6.07) is 16.9. The van der Waals surface area contributed by atoms with Crippen molar-refractivity contribution in [3.63, 3.8) is 0 Å². The van der Waals surface area contributed by atoms with Crippen molar-refractivity contribution >= 4 is 16.9 Å². The van der Waals surface area contributed by atoms with Crippen molar-refractivity contribution in [2.24, 2.45) is 0 Å². The number of carbonyl (C=O) groups is 1. The highest BCUT2D eigenvalue weighted by atomic mass is 16.5. The average molecular weight is 293 g/mol. The first-order valence-corrected chi connectivity index (χ1v) is 6.95. The Morgan fingerprint density at radius 1 is 1.14 bits per heavy atom. The van der Waals surface area contributed by atoms with E-state index in [9.17, 15) is 9.90 Å². The largest absolute Gasteiger partial charge is 0.477 e. The molecule has 0 aliphatic rings. The molecule has 0 aliphatic heterocycles. The number of hydrogen-bond acceptors (Lipinski definition) is 3. The SMILES string of the molecule is Cc1cccc(COc2nc3ccccc3cc2C(=O)O)c1. The number of pyridine rings is 1. The summed E-state index contributed by atoms with van der Waals surface area (Å²) in [4.78, 5) is 15.7. The van der Waals surface area contributed by atoms with E-state index in [0.29, 0.717) is 5.52 Å². The van der Waals surface area contributed by atoms with E-state index in [-0.39, 0.29) is 18.1 Å². The van der Waals surface area contributed by atoms with E-state index in [1.165, 1.54) is 0 Å². The van der Waals surface area contributed by atoms with E-state index in [0.717, 1.165) is 16.5 Å². The van der Waals surface area contributed by atoms with Crippen molar-refractivity contribution in [3.05, 3.63) is 71.3 Å². The summed E-state index contributed by atoms with van der Waals surface area (Å²) in [5.74, 6) is -0.898. The molecule has 0 atom stereocenters. The number of para-hydroxylation sites is 1. The van der Waals surface area contributed by atoms with Crippen LogP contribution in [0.4, 0.5) is 0 Å². The number of hydrogen-bond donors (Lipinski definition) is 1. The van der Waals surface area contributed by atoms with Crippen LogP contribution < -0.4 is 4.74 Å². The van der Waals surface area contributed by atoms with Gasteiger partial charge in [0.2, 0.25) is 5.88 Å². The number of aryl methyl sites for hydroxylation is 1. The van der Waals surface area contributed by atoms with Crippen LogP contribution in [0.3, 0.4) is 0 Å². The van der Waals surface area contributed by atoms with Gasteiger partial charge in [-0.1, -0.05) is 48.0 Å². The summed E-state index contributed by atoms with van der Waals surface area (Å²) in [7, 11) is 0. The molecule has 4 nitrogen and oxygen atoms in total. The second kappa shape index (κ2) is 5.85. The third kappa shape index (κ3) is 2.91. The van der Waals surface area contributed by atoms with Crippen molar-refractivity contribution in [1.82, 2.24) is 4.98 Å². The Balaban J connectivity index is 1.94. The van der Waals surface area contributed by atoms with Crippen LogP contribution in [0.2, 0.25) is 0 Å². The minimum atomic E-state index is -1.04. The Morgan fingerprint density at radius 2 is 1.95 bits per heavy atom. The monoisotopic (exact) mass is 293 g/mol. The van der Waals surface area contributed by atoms with Gasteiger partial charge in [-0.3, -0.25) is 0 Å². The molecule has 110 valence electrons. The zero-order valence-electron chi connectivity index (χ0n) is 12.1. The lowest BCUT2D eigenvalue weighted by atomic mass is 10.1. The number of nitrogens with zero attached hydrogens (tertiary/aromatic N) is 1. The molecule has 1 aromatic heterocycles. The van der Waals surface area contributed by atoms with E-state index in [1.54, 1.807) is 6.07 Å². The van der Waals surface area contributed by atoms with Gasteiger partial charge in [0.25, 0.3) is 0 Å². The summed E-state index contributed by atoms with van der Waals surface area (Å²) in [5, 5.41) is 10.1. The highest BCUT2D eigenvalue weighted by Crippen LogP contribution is 2.23. The maximum Gasteiger partial charge on any atom is 0.341 e. The van der Waals surface area contributed by atoms with Gasteiger partial charge in [0, 0.05) is 5.39 Å². The van der Waals surface area contributed by atoms with Gasteiger partial charge in [-0.25, -0.2) is 9.78 Å². The lowest BCUT2D eigenvalue weighted by Crippen LogP contribution is -2.05. The Hall–Kier alpha value is -2.88. The highest BCUT2D eigenvalue weighted by Gasteiger charge is 2.14. The molecular formula is C18H15NO3. The Bertz CT molecular complexity index is 843. The molecule has 0 saturated heterocycles. The van der Waals surface area contributed by atoms with Crippen molar-refractivity contribution < 1.29 is 14.6 Å². The van der Waals surface area contributed by atoms with Gasteiger partial charge in [0.1, 0.15) is 12.2 Å². The summed E-state index contributed by atoms with van der Waals surface area (Å²) in [6.07, 6.45) is 0. The maximum absolute atomic E-state index is 11.4. The fourth-order valence-corrected chi connectivity index (χ4v) is 2.32. The number of rotatable bonds is 4. The fraction of sp³-hybridized carbons (Fsp3) is 0.111. The molecule has 0 spiro atoms. The van der Waals surface area contributed by atoms with Gasteiger partial charge in [-0.2, -0.15) is 0 Å². The van der Waals surface area contributed by atoms with E-state index in [2.05, 4.69) is 4.98 Å².